The van der Waals surface area contributed by atoms with E-state index in [0.29, 0.717) is 18.0 Å². The molecule has 6 nitrogen and oxygen atoms in total. The third kappa shape index (κ3) is 3.52. The third-order valence-electron chi connectivity index (χ3n) is 3.71. The summed E-state index contributed by atoms with van der Waals surface area (Å²) in [6.45, 7) is 9.70. The second-order valence-corrected chi connectivity index (χ2v) is 5.11. The van der Waals surface area contributed by atoms with Gasteiger partial charge in [0.1, 0.15) is 0 Å². The van der Waals surface area contributed by atoms with Gasteiger partial charge in [0, 0.05) is 19.6 Å². The van der Waals surface area contributed by atoms with Crippen molar-refractivity contribution in [3.63, 3.8) is 0 Å². The highest BCUT2D eigenvalue weighted by molar-refractivity contribution is 5.67. The number of morpholine rings is 1. The number of anilines is 3. The van der Waals surface area contributed by atoms with Crippen molar-refractivity contribution in [1.29, 1.82) is 0 Å². The molecule has 1 aromatic rings. The Balaban J connectivity index is 2.02. The van der Waals surface area contributed by atoms with Crippen molar-refractivity contribution in [3.05, 3.63) is 12.3 Å². The monoisotopic (exact) mass is 279 g/mol. The van der Waals surface area contributed by atoms with Crippen LogP contribution in [-0.2, 0) is 4.74 Å². The zero-order valence-electron chi connectivity index (χ0n) is 12.4. The van der Waals surface area contributed by atoms with Gasteiger partial charge >= 0.3 is 0 Å². The van der Waals surface area contributed by atoms with Crippen LogP contribution in [0.4, 0.5) is 17.2 Å². The Hall–Kier alpha value is -1.53. The van der Waals surface area contributed by atoms with Crippen LogP contribution in [0.3, 0.4) is 0 Å². The van der Waals surface area contributed by atoms with Crippen molar-refractivity contribution in [3.8, 4) is 0 Å². The predicted molar refractivity (Wildman–Crippen MR) is 82.8 cm³/mol. The number of rotatable bonds is 5. The minimum atomic E-state index is 0.197. The average Bonchev–Trinajstić information content (AvgIpc) is 2.45. The highest BCUT2D eigenvalue weighted by Crippen LogP contribution is 2.24. The van der Waals surface area contributed by atoms with Crippen molar-refractivity contribution in [2.75, 3.05) is 55.7 Å². The number of likely N-dealkylation sites (N-methyl/N-ethyl adjacent to an activating group) is 1. The number of nitrogens with zero attached hydrogens (tertiary/aromatic N) is 3. The normalized spacial score (nSPS) is 19.6. The van der Waals surface area contributed by atoms with E-state index in [4.69, 9.17) is 16.2 Å². The lowest BCUT2D eigenvalue weighted by Crippen LogP contribution is -2.48. The number of pyridine rings is 1. The van der Waals surface area contributed by atoms with Crippen molar-refractivity contribution in [2.45, 2.75) is 20.0 Å². The predicted octanol–water partition coefficient (Wildman–Crippen LogP) is 0.793. The van der Waals surface area contributed by atoms with Crippen LogP contribution in [0, 0.1) is 0 Å². The van der Waals surface area contributed by atoms with Gasteiger partial charge in [-0.1, -0.05) is 13.8 Å². The summed E-state index contributed by atoms with van der Waals surface area (Å²) in [7, 11) is 0. The fourth-order valence-corrected chi connectivity index (χ4v) is 2.55. The van der Waals surface area contributed by atoms with Crippen molar-refractivity contribution in [2.24, 2.45) is 0 Å². The topological polar surface area (TPSA) is 80.6 Å². The van der Waals surface area contributed by atoms with Gasteiger partial charge in [0.2, 0.25) is 0 Å². The number of hydrogen-bond acceptors (Lipinski definition) is 6. The van der Waals surface area contributed by atoms with Crippen LogP contribution in [-0.4, -0.2) is 55.3 Å². The Morgan fingerprint density at radius 3 is 2.80 bits per heavy atom. The van der Waals surface area contributed by atoms with Gasteiger partial charge in [-0.2, -0.15) is 0 Å². The minimum Gasteiger partial charge on any atom is -0.397 e. The van der Waals surface area contributed by atoms with Gasteiger partial charge in [-0.3, -0.25) is 0 Å². The number of nitrogens with two attached hydrogens (primary N) is 2. The molecule has 0 amide bonds. The summed E-state index contributed by atoms with van der Waals surface area (Å²) >= 11 is 0. The molecule has 1 unspecified atom stereocenters. The summed E-state index contributed by atoms with van der Waals surface area (Å²) < 4.78 is 5.85. The zero-order chi connectivity index (χ0) is 14.5. The summed E-state index contributed by atoms with van der Waals surface area (Å²) in [5.74, 6) is 0.812. The van der Waals surface area contributed by atoms with E-state index in [1.807, 2.05) is 0 Å². The van der Waals surface area contributed by atoms with Crippen LogP contribution in [0.1, 0.15) is 13.8 Å². The lowest BCUT2D eigenvalue weighted by molar-refractivity contribution is 0.0175. The lowest BCUT2D eigenvalue weighted by atomic mass is 10.2. The molecule has 2 rings (SSSR count). The summed E-state index contributed by atoms with van der Waals surface area (Å²) in [5.41, 5.74) is 12.9. The van der Waals surface area contributed by atoms with Crippen LogP contribution >= 0.6 is 0 Å². The molecule has 1 atom stereocenters. The fourth-order valence-electron chi connectivity index (χ4n) is 2.55. The molecule has 0 spiro atoms. The molecule has 20 heavy (non-hydrogen) atoms. The first-order chi connectivity index (χ1) is 9.63. The largest absolute Gasteiger partial charge is 0.397 e. The molecule has 1 aromatic heterocycles. The first-order valence-electron chi connectivity index (χ1n) is 7.24. The van der Waals surface area contributed by atoms with E-state index in [2.05, 4.69) is 28.6 Å². The van der Waals surface area contributed by atoms with Crippen molar-refractivity contribution in [1.82, 2.24) is 9.88 Å². The quantitative estimate of drug-likeness (QED) is 0.829. The van der Waals surface area contributed by atoms with Crippen LogP contribution < -0.4 is 16.4 Å². The SMILES string of the molecule is CCN(CC)CC1CN(c2ncc(N)cc2N)CCO1. The molecule has 1 aliphatic rings. The fraction of sp³-hybridized carbons (Fsp3) is 0.643. The minimum absolute atomic E-state index is 0.197. The summed E-state index contributed by atoms with van der Waals surface area (Å²) in [6.07, 6.45) is 1.85. The Morgan fingerprint density at radius 2 is 2.15 bits per heavy atom. The first kappa shape index (κ1) is 14.9. The Bertz CT molecular complexity index is 436. The highest BCUT2D eigenvalue weighted by atomic mass is 16.5. The van der Waals surface area contributed by atoms with E-state index < -0.39 is 0 Å². The number of ether oxygens (including phenoxy) is 1. The molecular formula is C14H25N5O. The molecule has 0 saturated carbocycles. The van der Waals surface area contributed by atoms with Gasteiger partial charge in [0.15, 0.2) is 5.82 Å². The maximum Gasteiger partial charge on any atom is 0.152 e. The van der Waals surface area contributed by atoms with Gasteiger partial charge in [-0.15, -0.1) is 0 Å². The molecule has 4 N–H and O–H groups in total. The van der Waals surface area contributed by atoms with Gasteiger partial charge in [-0.25, -0.2) is 4.98 Å². The van der Waals surface area contributed by atoms with E-state index in [1.54, 1.807) is 12.3 Å². The van der Waals surface area contributed by atoms with Crippen LogP contribution in [0.25, 0.3) is 0 Å². The van der Waals surface area contributed by atoms with E-state index in [9.17, 15) is 0 Å². The second-order valence-electron chi connectivity index (χ2n) is 5.11. The van der Waals surface area contributed by atoms with E-state index in [0.717, 1.165) is 38.5 Å². The maximum atomic E-state index is 6.02. The van der Waals surface area contributed by atoms with Crippen LogP contribution in [0.5, 0.6) is 0 Å². The molecule has 6 heteroatoms. The van der Waals surface area contributed by atoms with Gasteiger partial charge < -0.3 is 26.0 Å². The molecule has 0 aromatic carbocycles. The number of nitrogen functional groups attached to an aromatic ring is 2. The van der Waals surface area contributed by atoms with Gasteiger partial charge in [-0.05, 0) is 19.2 Å². The van der Waals surface area contributed by atoms with Crippen molar-refractivity contribution >= 4 is 17.2 Å². The van der Waals surface area contributed by atoms with Crippen molar-refractivity contribution < 1.29 is 4.74 Å². The summed E-state index contributed by atoms with van der Waals surface area (Å²) in [6, 6.07) is 1.76. The lowest BCUT2D eigenvalue weighted by Gasteiger charge is -2.36. The van der Waals surface area contributed by atoms with Gasteiger partial charge in [0.25, 0.3) is 0 Å². The van der Waals surface area contributed by atoms with E-state index in [-0.39, 0.29) is 6.10 Å². The molecule has 2 heterocycles. The molecule has 0 radical (unpaired) electrons. The molecule has 0 bridgehead atoms. The summed E-state index contributed by atoms with van der Waals surface area (Å²) in [4.78, 5) is 8.92. The smallest absolute Gasteiger partial charge is 0.152 e. The average molecular weight is 279 g/mol. The third-order valence-corrected chi connectivity index (χ3v) is 3.71. The number of aromatic nitrogens is 1. The maximum absolute atomic E-state index is 6.02. The molecule has 0 aliphatic carbocycles. The van der Waals surface area contributed by atoms with E-state index >= 15 is 0 Å². The molecule has 1 saturated heterocycles. The van der Waals surface area contributed by atoms with E-state index in [1.165, 1.54) is 0 Å². The van der Waals surface area contributed by atoms with Gasteiger partial charge in [0.05, 0.1) is 30.3 Å². The number of hydrogen-bond donors (Lipinski definition) is 2. The Labute approximate surface area is 120 Å². The molecule has 1 aliphatic heterocycles. The van der Waals surface area contributed by atoms with Crippen LogP contribution in [0.2, 0.25) is 0 Å². The Morgan fingerprint density at radius 1 is 1.40 bits per heavy atom. The molecule has 112 valence electrons. The zero-order valence-corrected chi connectivity index (χ0v) is 12.4. The first-order valence-corrected chi connectivity index (χ1v) is 7.24. The Kier molecular flexibility index (Phi) is 5.03. The molecule has 1 fully saturated rings. The van der Waals surface area contributed by atoms with Crippen LogP contribution in [0.15, 0.2) is 12.3 Å². The second kappa shape index (κ2) is 6.76. The highest BCUT2D eigenvalue weighted by Gasteiger charge is 2.24. The molecular weight excluding hydrogens is 254 g/mol. The summed E-state index contributed by atoms with van der Waals surface area (Å²) in [5, 5.41) is 0. The standard InChI is InChI=1S/C14H25N5O/c1-3-18(4-2)9-12-10-19(5-6-20-12)14-13(16)7-11(15)8-17-14/h7-8,12H,3-6,9-10,15-16H2,1-2H3.